The Labute approximate surface area is 170 Å². The maximum Gasteiger partial charge on any atom is 0.303 e. The smallest absolute Gasteiger partial charge is 0.303 e. The highest BCUT2D eigenvalue weighted by Crippen LogP contribution is 2.77. The molecule has 162 valence electrons. The molecule has 10 atom stereocenters. The summed E-state index contributed by atoms with van der Waals surface area (Å²) < 4.78 is 11.8. The standard InChI is InChI=1S/C22H32O7/c1-10-12-8-13(24)14-20-7-5-6-19(3,4)15(20)18(29-11(2)23)22(27,28-9-20)21(14,16(10)25)17(12)26/h12-18,24-27H,1,5-9H2,2-4H3/t12-,13-,14-,15+,16+,17+,18-,20+,21-,22+/m0/s1. The highest BCUT2D eigenvalue weighted by Gasteiger charge is 2.87. The van der Waals surface area contributed by atoms with Gasteiger partial charge in [-0.2, -0.15) is 0 Å². The largest absolute Gasteiger partial charge is 0.456 e. The zero-order valence-electron chi connectivity index (χ0n) is 17.3. The predicted octanol–water partition coefficient (Wildman–Crippen LogP) is 0.738. The first-order valence-corrected chi connectivity index (χ1v) is 10.7. The Bertz CT molecular complexity index is 779. The average molecular weight is 408 g/mol. The van der Waals surface area contributed by atoms with Crippen LogP contribution in [0.4, 0.5) is 0 Å². The molecule has 4 bridgehead atoms. The van der Waals surface area contributed by atoms with E-state index in [0.717, 1.165) is 19.3 Å². The lowest BCUT2D eigenvalue weighted by molar-refractivity contribution is -0.474. The van der Waals surface area contributed by atoms with Gasteiger partial charge in [-0.05, 0) is 30.3 Å². The zero-order valence-corrected chi connectivity index (χ0v) is 17.3. The molecule has 0 aromatic heterocycles. The van der Waals surface area contributed by atoms with Crippen molar-refractivity contribution in [2.45, 2.75) is 76.7 Å². The van der Waals surface area contributed by atoms with Gasteiger partial charge >= 0.3 is 5.97 Å². The second kappa shape index (κ2) is 5.62. The first-order valence-electron chi connectivity index (χ1n) is 10.7. The zero-order chi connectivity index (χ0) is 21.1. The molecule has 6 rings (SSSR count). The molecule has 2 aliphatic heterocycles. The number of carbonyl (C=O) groups is 1. The summed E-state index contributed by atoms with van der Waals surface area (Å²) in [5.41, 5.74) is -2.06. The number of rotatable bonds is 1. The van der Waals surface area contributed by atoms with Gasteiger partial charge in [0.15, 0.2) is 6.10 Å². The van der Waals surface area contributed by atoms with E-state index < -0.39 is 58.8 Å². The minimum absolute atomic E-state index is 0.204. The Morgan fingerprint density at radius 3 is 2.55 bits per heavy atom. The maximum absolute atomic E-state index is 12.1. The molecular formula is C22H32O7. The number of hydrogen-bond acceptors (Lipinski definition) is 7. The van der Waals surface area contributed by atoms with Crippen molar-refractivity contribution in [1.29, 1.82) is 0 Å². The second-order valence-corrected chi connectivity index (χ2v) is 10.8. The van der Waals surface area contributed by atoms with Crippen LogP contribution in [-0.2, 0) is 14.3 Å². The summed E-state index contributed by atoms with van der Waals surface area (Å²) in [7, 11) is 0. The molecule has 4 saturated carbocycles. The highest BCUT2D eigenvalue weighted by atomic mass is 16.7. The van der Waals surface area contributed by atoms with Gasteiger partial charge in [0, 0.05) is 30.1 Å². The van der Waals surface area contributed by atoms with E-state index >= 15 is 0 Å². The van der Waals surface area contributed by atoms with Gasteiger partial charge in [-0.25, -0.2) is 0 Å². The molecule has 0 aromatic carbocycles. The van der Waals surface area contributed by atoms with Crippen LogP contribution in [-0.4, -0.2) is 63.2 Å². The van der Waals surface area contributed by atoms with Crippen LogP contribution in [0.15, 0.2) is 12.2 Å². The first-order chi connectivity index (χ1) is 13.4. The molecule has 0 unspecified atom stereocenters. The first kappa shape index (κ1) is 19.9. The van der Waals surface area contributed by atoms with Crippen LogP contribution in [0.1, 0.15) is 46.5 Å². The van der Waals surface area contributed by atoms with Gasteiger partial charge < -0.3 is 29.9 Å². The average Bonchev–Trinajstić information content (AvgIpc) is 2.73. The molecular weight excluding hydrogens is 376 g/mol. The van der Waals surface area contributed by atoms with Crippen molar-refractivity contribution in [2.24, 2.45) is 34.0 Å². The monoisotopic (exact) mass is 408 g/mol. The van der Waals surface area contributed by atoms with Gasteiger partial charge in [-0.15, -0.1) is 0 Å². The number of ether oxygens (including phenoxy) is 2. The number of fused-ring (bicyclic) bond motifs is 2. The van der Waals surface area contributed by atoms with Gasteiger partial charge in [0.25, 0.3) is 0 Å². The Morgan fingerprint density at radius 1 is 1.21 bits per heavy atom. The highest BCUT2D eigenvalue weighted by molar-refractivity contribution is 5.66. The number of carbonyl (C=O) groups excluding carboxylic acids is 1. The molecule has 2 spiro atoms. The van der Waals surface area contributed by atoms with Crippen molar-refractivity contribution in [3.05, 3.63) is 12.2 Å². The van der Waals surface area contributed by atoms with Crippen LogP contribution >= 0.6 is 0 Å². The molecule has 4 N–H and O–H groups in total. The van der Waals surface area contributed by atoms with E-state index in [1.54, 1.807) is 0 Å². The summed E-state index contributed by atoms with van der Waals surface area (Å²) in [5, 5.41) is 46.1. The third-order valence-electron chi connectivity index (χ3n) is 9.25. The van der Waals surface area contributed by atoms with Crippen LogP contribution in [0.25, 0.3) is 0 Å². The van der Waals surface area contributed by atoms with Crippen molar-refractivity contribution in [3.8, 4) is 0 Å². The SMILES string of the molecule is C=C1[C@@H](O)[C@]23[C@H](O)[C@H]1C[C@H](O)[C@H]2[C@]12CCCC(C)(C)[C@H]1[C@H](OC(C)=O)[C@@]3(O)OC2. The van der Waals surface area contributed by atoms with E-state index in [0.29, 0.717) is 12.0 Å². The van der Waals surface area contributed by atoms with E-state index in [-0.39, 0.29) is 17.9 Å². The van der Waals surface area contributed by atoms with Crippen molar-refractivity contribution < 1.29 is 34.7 Å². The van der Waals surface area contributed by atoms with Gasteiger partial charge in [-0.1, -0.05) is 26.8 Å². The van der Waals surface area contributed by atoms with Gasteiger partial charge in [0.1, 0.15) is 0 Å². The summed E-state index contributed by atoms with van der Waals surface area (Å²) >= 11 is 0. The Hall–Kier alpha value is -0.990. The molecule has 29 heavy (non-hydrogen) atoms. The molecule has 0 amide bonds. The number of esters is 1. The fraction of sp³-hybridized carbons (Fsp3) is 0.864. The van der Waals surface area contributed by atoms with E-state index in [9.17, 15) is 25.2 Å². The van der Waals surface area contributed by atoms with Crippen LogP contribution in [0.5, 0.6) is 0 Å². The molecule has 0 radical (unpaired) electrons. The van der Waals surface area contributed by atoms with Crippen LogP contribution in [0.3, 0.4) is 0 Å². The fourth-order valence-electron chi connectivity index (χ4n) is 8.57. The quantitative estimate of drug-likeness (QED) is 0.373. The molecule has 2 heterocycles. The third-order valence-corrected chi connectivity index (χ3v) is 9.25. The van der Waals surface area contributed by atoms with E-state index in [2.05, 4.69) is 20.4 Å². The predicted molar refractivity (Wildman–Crippen MR) is 101 cm³/mol. The summed E-state index contributed by atoms with van der Waals surface area (Å²) in [6.07, 6.45) is -1.44. The fourth-order valence-corrected chi connectivity index (χ4v) is 8.57. The maximum atomic E-state index is 12.1. The molecule has 6 aliphatic rings. The third kappa shape index (κ3) is 1.95. The van der Waals surface area contributed by atoms with E-state index in [4.69, 9.17) is 9.47 Å². The van der Waals surface area contributed by atoms with Crippen molar-refractivity contribution in [3.63, 3.8) is 0 Å². The lowest BCUT2D eigenvalue weighted by Gasteiger charge is -2.75. The Kier molecular flexibility index (Phi) is 3.87. The molecule has 4 aliphatic carbocycles. The summed E-state index contributed by atoms with van der Waals surface area (Å²) in [5.74, 6) is -4.03. The lowest BCUT2D eigenvalue weighted by atomic mass is 9.35. The van der Waals surface area contributed by atoms with Crippen molar-refractivity contribution in [2.75, 3.05) is 6.61 Å². The lowest BCUT2D eigenvalue weighted by Crippen LogP contribution is -2.86. The van der Waals surface area contributed by atoms with Crippen LogP contribution in [0.2, 0.25) is 0 Å². The van der Waals surface area contributed by atoms with Crippen LogP contribution < -0.4 is 0 Å². The summed E-state index contributed by atoms with van der Waals surface area (Å²) in [4.78, 5) is 12.1. The molecule has 7 nitrogen and oxygen atoms in total. The number of hydrogen-bond donors (Lipinski definition) is 4. The van der Waals surface area contributed by atoms with Crippen molar-refractivity contribution >= 4 is 5.97 Å². The molecule has 2 saturated heterocycles. The molecule has 6 fully saturated rings. The molecule has 7 heteroatoms. The molecule has 0 aromatic rings. The Morgan fingerprint density at radius 2 is 1.90 bits per heavy atom. The van der Waals surface area contributed by atoms with E-state index in [1.807, 2.05) is 0 Å². The Balaban J connectivity index is 1.81. The minimum Gasteiger partial charge on any atom is -0.456 e. The summed E-state index contributed by atoms with van der Waals surface area (Å²) in [6.45, 7) is 9.68. The van der Waals surface area contributed by atoms with Gasteiger partial charge in [-0.3, -0.25) is 4.79 Å². The summed E-state index contributed by atoms with van der Waals surface area (Å²) in [6, 6.07) is 0. The number of aliphatic hydroxyl groups is 4. The van der Waals surface area contributed by atoms with Crippen LogP contribution in [0, 0.1) is 34.0 Å². The second-order valence-electron chi connectivity index (χ2n) is 10.8. The van der Waals surface area contributed by atoms with Crippen molar-refractivity contribution in [1.82, 2.24) is 0 Å². The number of aliphatic hydroxyl groups excluding tert-OH is 3. The van der Waals surface area contributed by atoms with Gasteiger partial charge in [0.2, 0.25) is 5.79 Å². The minimum atomic E-state index is -2.11. The van der Waals surface area contributed by atoms with Gasteiger partial charge in [0.05, 0.1) is 30.3 Å². The topological polar surface area (TPSA) is 116 Å². The normalized spacial score (nSPS) is 57.2. The van der Waals surface area contributed by atoms with E-state index in [1.165, 1.54) is 6.92 Å².